The fourth-order valence-electron chi connectivity index (χ4n) is 3.94. The summed E-state index contributed by atoms with van der Waals surface area (Å²) in [6.45, 7) is 2.11. The van der Waals surface area contributed by atoms with Crippen LogP contribution in [0.25, 0.3) is 33.1 Å². The number of nitrogens with one attached hydrogen (secondary N) is 1. The zero-order valence-corrected chi connectivity index (χ0v) is 15.2. The molecule has 0 spiro atoms. The maximum Gasteiger partial charge on any atom is 0.135 e. The number of hydrogen-bond acceptors (Lipinski definition) is 5. The number of hydrogen-bond donors (Lipinski definition) is 2. The van der Waals surface area contributed by atoms with Gasteiger partial charge in [0.2, 0.25) is 0 Å². The molecule has 0 radical (unpaired) electrons. The molecule has 6 heteroatoms. The lowest BCUT2D eigenvalue weighted by Gasteiger charge is -2.22. The molecule has 1 saturated heterocycles. The molecule has 0 aliphatic carbocycles. The molecule has 0 saturated carbocycles. The van der Waals surface area contributed by atoms with E-state index in [0.717, 1.165) is 59.1 Å². The van der Waals surface area contributed by atoms with Gasteiger partial charge in [0, 0.05) is 35.8 Å². The van der Waals surface area contributed by atoms with Gasteiger partial charge in [0.15, 0.2) is 0 Å². The lowest BCUT2D eigenvalue weighted by molar-refractivity contribution is 0.454. The largest absolute Gasteiger partial charge is 0.506 e. The monoisotopic (exact) mass is 359 g/mol. The highest BCUT2D eigenvalue weighted by Gasteiger charge is 2.17. The van der Waals surface area contributed by atoms with Crippen molar-refractivity contribution in [2.24, 2.45) is 7.05 Å². The summed E-state index contributed by atoms with van der Waals surface area (Å²) >= 11 is 0. The summed E-state index contributed by atoms with van der Waals surface area (Å²) in [4.78, 5) is 9.42. The molecule has 0 atom stereocenters. The molecular formula is C21H21N5O. The molecule has 6 nitrogen and oxygen atoms in total. The molecule has 0 unspecified atom stereocenters. The van der Waals surface area contributed by atoms with E-state index >= 15 is 0 Å². The van der Waals surface area contributed by atoms with E-state index in [1.54, 1.807) is 4.68 Å². The van der Waals surface area contributed by atoms with E-state index in [1.807, 2.05) is 37.6 Å². The molecule has 27 heavy (non-hydrogen) atoms. The standard InChI is InChI=1S/C21H21N5O/c1-26-12-16-18(25-26)5-3-15(21(16)27)19-10-14-2-4-17(24-20(14)11-23-19)13-6-8-22-9-7-13/h2-5,10-13,22,27H,6-9H2,1H3. The molecule has 1 aliphatic rings. The number of benzene rings is 1. The van der Waals surface area contributed by atoms with Gasteiger partial charge in [-0.15, -0.1) is 0 Å². The van der Waals surface area contributed by atoms with E-state index in [2.05, 4.69) is 27.5 Å². The molecular weight excluding hydrogens is 338 g/mol. The second-order valence-corrected chi connectivity index (χ2v) is 7.22. The van der Waals surface area contributed by atoms with Crippen LogP contribution >= 0.6 is 0 Å². The Morgan fingerprint density at radius 1 is 1.11 bits per heavy atom. The molecule has 2 N–H and O–H groups in total. The highest BCUT2D eigenvalue weighted by Crippen LogP contribution is 2.35. The number of fused-ring (bicyclic) bond motifs is 2. The second-order valence-electron chi connectivity index (χ2n) is 7.22. The first-order valence-electron chi connectivity index (χ1n) is 9.32. The van der Waals surface area contributed by atoms with Gasteiger partial charge in [-0.2, -0.15) is 5.10 Å². The van der Waals surface area contributed by atoms with Crippen LogP contribution < -0.4 is 5.32 Å². The molecule has 4 heterocycles. The summed E-state index contributed by atoms with van der Waals surface area (Å²) in [7, 11) is 1.85. The molecule has 136 valence electrons. The van der Waals surface area contributed by atoms with Gasteiger partial charge < -0.3 is 10.4 Å². The third kappa shape index (κ3) is 2.82. The van der Waals surface area contributed by atoms with Crippen molar-refractivity contribution < 1.29 is 5.11 Å². The van der Waals surface area contributed by atoms with E-state index in [9.17, 15) is 5.11 Å². The van der Waals surface area contributed by atoms with E-state index < -0.39 is 0 Å². The lowest BCUT2D eigenvalue weighted by atomic mass is 9.94. The highest BCUT2D eigenvalue weighted by molar-refractivity contribution is 5.93. The quantitative estimate of drug-likeness (QED) is 0.574. The molecule has 4 aromatic rings. The molecule has 0 bridgehead atoms. The van der Waals surface area contributed by atoms with Gasteiger partial charge in [0.05, 0.1) is 28.3 Å². The fourth-order valence-corrected chi connectivity index (χ4v) is 3.94. The fraction of sp³-hybridized carbons (Fsp3) is 0.286. The van der Waals surface area contributed by atoms with Crippen molar-refractivity contribution in [2.75, 3.05) is 13.1 Å². The van der Waals surface area contributed by atoms with Crippen molar-refractivity contribution in [2.45, 2.75) is 18.8 Å². The Morgan fingerprint density at radius 2 is 1.96 bits per heavy atom. The number of aromatic hydroxyl groups is 1. The Hall–Kier alpha value is -2.99. The van der Waals surface area contributed by atoms with Crippen LogP contribution in [0.15, 0.2) is 42.7 Å². The van der Waals surface area contributed by atoms with Crippen molar-refractivity contribution in [1.29, 1.82) is 0 Å². The molecule has 1 aliphatic heterocycles. The first-order chi connectivity index (χ1) is 13.2. The van der Waals surface area contributed by atoms with Gasteiger partial charge in [0.25, 0.3) is 0 Å². The number of nitrogens with zero attached hydrogens (tertiary/aromatic N) is 4. The zero-order valence-electron chi connectivity index (χ0n) is 15.2. The maximum absolute atomic E-state index is 10.7. The summed E-state index contributed by atoms with van der Waals surface area (Å²) in [6.07, 6.45) is 5.89. The number of piperidine rings is 1. The highest BCUT2D eigenvalue weighted by atomic mass is 16.3. The van der Waals surface area contributed by atoms with Crippen molar-refractivity contribution in [1.82, 2.24) is 25.1 Å². The Bertz CT molecular complexity index is 1140. The van der Waals surface area contributed by atoms with Crippen molar-refractivity contribution in [3.8, 4) is 17.0 Å². The summed E-state index contributed by atoms with van der Waals surface area (Å²) in [5.41, 5.74) is 4.27. The predicted octanol–water partition coefficient (Wildman–Crippen LogP) is 3.36. The number of phenols is 1. The molecule has 5 rings (SSSR count). The molecule has 1 aromatic carbocycles. The molecule has 0 amide bonds. The molecule has 3 aromatic heterocycles. The van der Waals surface area contributed by atoms with Crippen LogP contribution in [0.4, 0.5) is 0 Å². The van der Waals surface area contributed by atoms with Gasteiger partial charge in [-0.3, -0.25) is 14.6 Å². The first-order valence-corrected chi connectivity index (χ1v) is 9.32. The van der Waals surface area contributed by atoms with Crippen LogP contribution in [-0.2, 0) is 7.05 Å². The van der Waals surface area contributed by atoms with Crippen LogP contribution in [0.1, 0.15) is 24.5 Å². The Labute approximate surface area is 156 Å². The van der Waals surface area contributed by atoms with E-state index in [1.165, 1.54) is 0 Å². The first kappa shape index (κ1) is 16.2. The second kappa shape index (κ2) is 6.32. The maximum atomic E-state index is 10.7. The summed E-state index contributed by atoms with van der Waals surface area (Å²) in [5.74, 6) is 0.735. The minimum atomic E-state index is 0.215. The van der Waals surface area contributed by atoms with Crippen LogP contribution in [0.2, 0.25) is 0 Å². The Kier molecular flexibility index (Phi) is 3.79. The van der Waals surface area contributed by atoms with Gasteiger partial charge >= 0.3 is 0 Å². The third-order valence-electron chi connectivity index (χ3n) is 5.41. The van der Waals surface area contributed by atoms with Crippen LogP contribution in [-0.4, -0.2) is 37.9 Å². The number of rotatable bonds is 2. The van der Waals surface area contributed by atoms with Gasteiger partial charge in [0.1, 0.15) is 5.75 Å². The van der Waals surface area contributed by atoms with Gasteiger partial charge in [-0.05, 0) is 50.2 Å². The average Bonchev–Trinajstić information content (AvgIpc) is 3.09. The third-order valence-corrected chi connectivity index (χ3v) is 5.41. The van der Waals surface area contributed by atoms with Gasteiger partial charge in [-0.1, -0.05) is 6.07 Å². The van der Waals surface area contributed by atoms with Crippen LogP contribution in [0.3, 0.4) is 0 Å². The molecule has 1 fully saturated rings. The van der Waals surface area contributed by atoms with E-state index in [-0.39, 0.29) is 5.75 Å². The summed E-state index contributed by atoms with van der Waals surface area (Å²) in [5, 5.41) is 20.2. The number of aryl methyl sites for hydroxylation is 1. The van der Waals surface area contributed by atoms with Gasteiger partial charge in [-0.25, -0.2) is 0 Å². The zero-order chi connectivity index (χ0) is 18.4. The number of phenolic OH excluding ortho intramolecular Hbond substituents is 1. The minimum Gasteiger partial charge on any atom is -0.506 e. The van der Waals surface area contributed by atoms with Crippen LogP contribution in [0, 0.1) is 0 Å². The average molecular weight is 359 g/mol. The minimum absolute atomic E-state index is 0.215. The van der Waals surface area contributed by atoms with Crippen molar-refractivity contribution in [3.63, 3.8) is 0 Å². The normalized spacial score (nSPS) is 15.6. The number of aromatic nitrogens is 4. The van der Waals surface area contributed by atoms with E-state index in [4.69, 9.17) is 4.98 Å². The van der Waals surface area contributed by atoms with E-state index in [0.29, 0.717) is 11.5 Å². The van der Waals surface area contributed by atoms with Crippen molar-refractivity contribution in [3.05, 3.63) is 48.4 Å². The topological polar surface area (TPSA) is 75.9 Å². The Balaban J connectivity index is 1.55. The smallest absolute Gasteiger partial charge is 0.135 e. The number of pyridine rings is 2. The SMILES string of the molecule is Cn1cc2c(O)c(-c3cc4ccc(C5CCNCC5)nc4cn3)ccc2n1. The lowest BCUT2D eigenvalue weighted by Crippen LogP contribution is -2.27. The predicted molar refractivity (Wildman–Crippen MR) is 106 cm³/mol. The Morgan fingerprint density at radius 3 is 2.81 bits per heavy atom. The summed E-state index contributed by atoms with van der Waals surface area (Å²) in [6, 6.07) is 10.0. The van der Waals surface area contributed by atoms with Crippen molar-refractivity contribution >= 4 is 21.8 Å². The van der Waals surface area contributed by atoms with Crippen LogP contribution in [0.5, 0.6) is 5.75 Å². The summed E-state index contributed by atoms with van der Waals surface area (Å²) < 4.78 is 1.70.